The van der Waals surface area contributed by atoms with Gasteiger partial charge in [-0.1, -0.05) is 68.5 Å². The van der Waals surface area contributed by atoms with Gasteiger partial charge in [-0.3, -0.25) is 4.79 Å². The van der Waals surface area contributed by atoms with Crippen LogP contribution in [0.25, 0.3) is 0 Å². The lowest BCUT2D eigenvalue weighted by Gasteiger charge is -2.25. The molecule has 174 valence electrons. The molecule has 1 fully saturated rings. The van der Waals surface area contributed by atoms with E-state index < -0.39 is 16.1 Å². The summed E-state index contributed by atoms with van der Waals surface area (Å²) >= 11 is 0. The van der Waals surface area contributed by atoms with Gasteiger partial charge in [0, 0.05) is 6.04 Å². The van der Waals surface area contributed by atoms with E-state index in [4.69, 9.17) is 4.74 Å². The molecule has 0 heterocycles. The lowest BCUT2D eigenvalue weighted by atomic mass is 9.96. The summed E-state index contributed by atoms with van der Waals surface area (Å²) in [4.78, 5) is 13.3. The van der Waals surface area contributed by atoms with Crippen molar-refractivity contribution in [2.75, 3.05) is 7.11 Å². The van der Waals surface area contributed by atoms with Crippen molar-refractivity contribution >= 4 is 15.9 Å². The van der Waals surface area contributed by atoms with Crippen molar-refractivity contribution in [3.05, 3.63) is 59.7 Å². The number of hydrogen-bond acceptors (Lipinski definition) is 4. The minimum absolute atomic E-state index is 0.0387. The fourth-order valence-corrected chi connectivity index (χ4v) is 5.63. The average Bonchev–Trinajstić information content (AvgIpc) is 2.75. The molecule has 0 aromatic heterocycles. The molecule has 0 spiro atoms. The Morgan fingerprint density at radius 3 is 2.34 bits per heavy atom. The first kappa shape index (κ1) is 24.3. The van der Waals surface area contributed by atoms with E-state index in [0.717, 1.165) is 36.8 Å². The summed E-state index contributed by atoms with van der Waals surface area (Å²) in [6, 6.07) is 13.6. The zero-order chi connectivity index (χ0) is 23.0. The van der Waals surface area contributed by atoms with Gasteiger partial charge >= 0.3 is 0 Å². The van der Waals surface area contributed by atoms with Crippen molar-refractivity contribution in [3.63, 3.8) is 0 Å². The van der Waals surface area contributed by atoms with Crippen LogP contribution in [0.3, 0.4) is 0 Å². The van der Waals surface area contributed by atoms with Gasteiger partial charge in [-0.25, -0.2) is 8.42 Å². The average molecular weight is 459 g/mol. The molecule has 2 aromatic rings. The second-order valence-corrected chi connectivity index (χ2v) is 10.3. The number of methoxy groups -OCH3 is 1. The molecule has 3 rings (SSSR count). The van der Waals surface area contributed by atoms with Crippen LogP contribution in [0.5, 0.6) is 5.75 Å². The number of aryl methyl sites for hydroxylation is 1. The van der Waals surface area contributed by atoms with Crippen LogP contribution in [0.15, 0.2) is 53.4 Å². The predicted molar refractivity (Wildman–Crippen MR) is 126 cm³/mol. The number of nitrogens with one attached hydrogen (secondary N) is 2. The van der Waals surface area contributed by atoms with Crippen LogP contribution in [0, 0.1) is 6.92 Å². The van der Waals surface area contributed by atoms with Crippen molar-refractivity contribution < 1.29 is 17.9 Å². The minimum Gasteiger partial charge on any atom is -0.495 e. The monoisotopic (exact) mass is 458 g/mol. The number of carbonyl (C=O) groups excluding carboxylic acids is 1. The molecule has 1 aliphatic carbocycles. The number of sulfonamides is 1. The molecule has 6 nitrogen and oxygen atoms in total. The highest BCUT2D eigenvalue weighted by Gasteiger charge is 2.29. The Morgan fingerprint density at radius 1 is 1.03 bits per heavy atom. The van der Waals surface area contributed by atoms with Gasteiger partial charge in [-0.05, 0) is 49.4 Å². The van der Waals surface area contributed by atoms with Crippen LogP contribution in [-0.4, -0.2) is 33.5 Å². The number of hydrogen-bond donors (Lipinski definition) is 2. The maximum atomic E-state index is 13.3. The van der Waals surface area contributed by atoms with Crippen LogP contribution >= 0.6 is 0 Å². The molecule has 1 amide bonds. The Labute approximate surface area is 191 Å². The van der Waals surface area contributed by atoms with Gasteiger partial charge < -0.3 is 10.1 Å². The minimum atomic E-state index is -3.98. The fraction of sp³-hybridized carbons (Fsp3) is 0.480. The highest BCUT2D eigenvalue weighted by Crippen LogP contribution is 2.25. The summed E-state index contributed by atoms with van der Waals surface area (Å²) in [7, 11) is -2.54. The number of ether oxygens (including phenoxy) is 1. The van der Waals surface area contributed by atoms with E-state index in [1.807, 2.05) is 37.3 Å². The molecule has 2 N–H and O–H groups in total. The van der Waals surface area contributed by atoms with Crippen molar-refractivity contribution in [2.24, 2.45) is 0 Å². The Kier molecular flexibility index (Phi) is 8.70. The first-order valence-electron chi connectivity index (χ1n) is 11.4. The van der Waals surface area contributed by atoms with E-state index >= 15 is 0 Å². The molecule has 1 saturated carbocycles. The maximum Gasteiger partial charge on any atom is 0.244 e. The number of carbonyl (C=O) groups is 1. The highest BCUT2D eigenvalue weighted by molar-refractivity contribution is 7.89. The highest BCUT2D eigenvalue weighted by atomic mass is 32.2. The molecule has 1 atom stereocenters. The molecule has 0 saturated heterocycles. The van der Waals surface area contributed by atoms with Crippen LogP contribution in [0.4, 0.5) is 0 Å². The van der Waals surface area contributed by atoms with Gasteiger partial charge in [-0.2, -0.15) is 4.72 Å². The Hall–Kier alpha value is -2.38. The zero-order valence-electron chi connectivity index (χ0n) is 19.0. The maximum absolute atomic E-state index is 13.3. The number of amides is 1. The third-order valence-electron chi connectivity index (χ3n) is 5.96. The Balaban J connectivity index is 1.83. The topological polar surface area (TPSA) is 84.5 Å². The molecule has 0 bridgehead atoms. The predicted octanol–water partition coefficient (Wildman–Crippen LogP) is 4.12. The molecule has 32 heavy (non-hydrogen) atoms. The summed E-state index contributed by atoms with van der Waals surface area (Å²) in [5.74, 6) is -0.0309. The van der Waals surface area contributed by atoms with Gasteiger partial charge in [0.15, 0.2) is 0 Å². The molecule has 1 aliphatic rings. The van der Waals surface area contributed by atoms with Crippen LogP contribution in [0.2, 0.25) is 0 Å². The van der Waals surface area contributed by atoms with Crippen molar-refractivity contribution in [1.82, 2.24) is 10.0 Å². The molecular formula is C25H34N2O4S. The normalized spacial score (nSPS) is 16.6. The number of benzene rings is 2. The Morgan fingerprint density at radius 2 is 1.69 bits per heavy atom. The zero-order valence-corrected chi connectivity index (χ0v) is 19.8. The van der Waals surface area contributed by atoms with E-state index in [0.29, 0.717) is 0 Å². The SMILES string of the molecule is COc1ccc(C)cc1S(=O)(=O)N[C@H](Cc1ccccc1)C(=O)NC1CCCCCCC1. The molecule has 0 radical (unpaired) electrons. The quantitative estimate of drug-likeness (QED) is 0.623. The standard InChI is InChI=1S/C25H34N2O4S/c1-19-15-16-23(31-2)24(17-19)32(29,30)27-22(18-20-11-7-6-8-12-20)25(28)26-21-13-9-4-3-5-10-14-21/h6-8,11-12,15-17,21-22,27H,3-5,9-10,13-14,18H2,1-2H3,(H,26,28)/t22-/m1/s1. The first-order chi connectivity index (χ1) is 15.4. The van der Waals surface area contributed by atoms with E-state index in [2.05, 4.69) is 10.0 Å². The van der Waals surface area contributed by atoms with Crippen molar-refractivity contribution in [1.29, 1.82) is 0 Å². The van der Waals surface area contributed by atoms with Crippen molar-refractivity contribution in [3.8, 4) is 5.75 Å². The lowest BCUT2D eigenvalue weighted by Crippen LogP contribution is -2.50. The summed E-state index contributed by atoms with van der Waals surface area (Å²) in [6.07, 6.45) is 7.91. The van der Waals surface area contributed by atoms with E-state index in [1.165, 1.54) is 26.4 Å². The second-order valence-electron chi connectivity index (χ2n) is 8.57. The summed E-state index contributed by atoms with van der Waals surface area (Å²) in [6.45, 7) is 1.82. The molecular weight excluding hydrogens is 424 g/mol. The van der Waals surface area contributed by atoms with Crippen LogP contribution in [-0.2, 0) is 21.2 Å². The van der Waals surface area contributed by atoms with Gasteiger partial charge in [-0.15, -0.1) is 0 Å². The first-order valence-corrected chi connectivity index (χ1v) is 12.9. The summed E-state index contributed by atoms with van der Waals surface area (Å²) in [5, 5.41) is 3.12. The third kappa shape index (κ3) is 6.81. The lowest BCUT2D eigenvalue weighted by molar-refractivity contribution is -0.123. The summed E-state index contributed by atoms with van der Waals surface area (Å²) in [5.41, 5.74) is 1.69. The largest absolute Gasteiger partial charge is 0.495 e. The van der Waals surface area contributed by atoms with Gasteiger partial charge in [0.1, 0.15) is 16.7 Å². The van der Waals surface area contributed by atoms with Crippen LogP contribution < -0.4 is 14.8 Å². The molecule has 0 unspecified atom stereocenters. The molecule has 2 aromatic carbocycles. The third-order valence-corrected chi connectivity index (χ3v) is 7.45. The smallest absolute Gasteiger partial charge is 0.244 e. The number of rotatable bonds is 8. The van der Waals surface area contributed by atoms with Gasteiger partial charge in [0.05, 0.1) is 7.11 Å². The van der Waals surface area contributed by atoms with E-state index in [1.54, 1.807) is 18.2 Å². The van der Waals surface area contributed by atoms with Crippen LogP contribution in [0.1, 0.15) is 56.1 Å². The Bertz CT molecular complexity index is 984. The van der Waals surface area contributed by atoms with E-state index in [9.17, 15) is 13.2 Å². The van der Waals surface area contributed by atoms with Gasteiger partial charge in [0.2, 0.25) is 15.9 Å². The molecule has 7 heteroatoms. The van der Waals surface area contributed by atoms with Gasteiger partial charge in [0.25, 0.3) is 0 Å². The fourth-order valence-electron chi connectivity index (χ4n) is 4.18. The molecule has 0 aliphatic heterocycles. The van der Waals surface area contributed by atoms with Crippen molar-refractivity contribution in [2.45, 2.75) is 75.3 Å². The van der Waals surface area contributed by atoms with E-state index in [-0.39, 0.29) is 29.0 Å². The second kappa shape index (κ2) is 11.5. The summed E-state index contributed by atoms with van der Waals surface area (Å²) < 4.78 is 34.5.